The summed E-state index contributed by atoms with van der Waals surface area (Å²) in [6, 6.07) is 1.53. The largest absolute Gasteiger partial charge is 0.383 e. The van der Waals surface area contributed by atoms with Gasteiger partial charge in [-0.3, -0.25) is 5.41 Å². The van der Waals surface area contributed by atoms with Gasteiger partial charge in [-0.2, -0.15) is 0 Å². The fourth-order valence-corrected chi connectivity index (χ4v) is 1.61. The summed E-state index contributed by atoms with van der Waals surface area (Å²) in [5, 5.41) is 8.43. The average molecular weight is 275 g/mol. The van der Waals surface area contributed by atoms with Crippen LogP contribution in [0.1, 0.15) is 17.0 Å². The standard InChI is InChI=1S/C12H11ClN6/c1-2-6-4-18-12(19-10(6)15)9(14)8-3-7(13)5-17-11(8)16/h2-5,14H,1H2,(H2,16,17)(H2,15,18,19). The topological polar surface area (TPSA) is 115 Å². The Bertz CT molecular complexity index is 667. The number of halogens is 1. The first-order valence-corrected chi connectivity index (χ1v) is 5.66. The Morgan fingerprint density at radius 1 is 1.26 bits per heavy atom. The van der Waals surface area contributed by atoms with Crippen LogP contribution in [-0.2, 0) is 0 Å². The maximum Gasteiger partial charge on any atom is 0.180 e. The van der Waals surface area contributed by atoms with Gasteiger partial charge in [0.25, 0.3) is 0 Å². The van der Waals surface area contributed by atoms with E-state index in [0.29, 0.717) is 16.1 Å². The zero-order chi connectivity index (χ0) is 14.0. The molecule has 5 N–H and O–H groups in total. The molecular formula is C12H11ClN6. The van der Waals surface area contributed by atoms with Crippen molar-refractivity contribution in [1.82, 2.24) is 15.0 Å². The number of nitrogen functional groups attached to an aromatic ring is 2. The van der Waals surface area contributed by atoms with Gasteiger partial charge in [0.05, 0.1) is 5.02 Å². The van der Waals surface area contributed by atoms with Crippen LogP contribution in [0, 0.1) is 5.41 Å². The lowest BCUT2D eigenvalue weighted by Crippen LogP contribution is -2.12. The van der Waals surface area contributed by atoms with Gasteiger partial charge in [-0.05, 0) is 6.07 Å². The van der Waals surface area contributed by atoms with Crippen molar-refractivity contribution in [3.8, 4) is 0 Å². The lowest BCUT2D eigenvalue weighted by molar-refractivity contribution is 1.12. The Kier molecular flexibility index (Phi) is 3.43. The van der Waals surface area contributed by atoms with E-state index in [9.17, 15) is 0 Å². The molecule has 96 valence electrons. The molecule has 2 rings (SSSR count). The number of nitrogens with two attached hydrogens (primary N) is 2. The first-order chi connectivity index (χ1) is 9.02. The van der Waals surface area contributed by atoms with Gasteiger partial charge in [0.2, 0.25) is 0 Å². The van der Waals surface area contributed by atoms with E-state index in [4.69, 9.17) is 28.5 Å². The minimum absolute atomic E-state index is 0.00909. The highest BCUT2D eigenvalue weighted by Crippen LogP contribution is 2.18. The third-order valence-corrected chi connectivity index (χ3v) is 2.65. The van der Waals surface area contributed by atoms with Crippen LogP contribution in [0.2, 0.25) is 5.02 Å². The molecule has 0 aliphatic heterocycles. The van der Waals surface area contributed by atoms with Crippen LogP contribution in [0.25, 0.3) is 6.08 Å². The number of nitrogens with one attached hydrogen (secondary N) is 1. The molecule has 0 atom stereocenters. The fraction of sp³-hybridized carbons (Fsp3) is 0. The number of rotatable bonds is 3. The van der Waals surface area contributed by atoms with Crippen LogP contribution in [0.15, 0.2) is 25.0 Å². The van der Waals surface area contributed by atoms with E-state index in [0.717, 1.165) is 0 Å². The third-order valence-electron chi connectivity index (χ3n) is 2.45. The van der Waals surface area contributed by atoms with Gasteiger partial charge in [-0.1, -0.05) is 24.3 Å². The van der Waals surface area contributed by atoms with E-state index in [1.165, 1.54) is 24.5 Å². The highest BCUT2D eigenvalue weighted by molar-refractivity contribution is 6.31. The van der Waals surface area contributed by atoms with Crippen molar-refractivity contribution in [2.45, 2.75) is 0 Å². The molecule has 0 aliphatic rings. The number of hydrogen-bond acceptors (Lipinski definition) is 6. The Labute approximate surface area is 114 Å². The molecule has 7 heteroatoms. The van der Waals surface area contributed by atoms with Crippen molar-refractivity contribution in [2.75, 3.05) is 11.5 Å². The van der Waals surface area contributed by atoms with Crippen LogP contribution in [0.4, 0.5) is 11.6 Å². The minimum atomic E-state index is 0.00909. The first kappa shape index (κ1) is 13.0. The monoisotopic (exact) mass is 274 g/mol. The van der Waals surface area contributed by atoms with Gasteiger partial charge >= 0.3 is 0 Å². The molecule has 0 unspecified atom stereocenters. The van der Waals surface area contributed by atoms with Crippen LogP contribution >= 0.6 is 11.6 Å². The number of hydrogen-bond donors (Lipinski definition) is 3. The maximum atomic E-state index is 8.05. The molecule has 0 saturated heterocycles. The van der Waals surface area contributed by atoms with E-state index in [2.05, 4.69) is 21.5 Å². The molecule has 0 aromatic carbocycles. The summed E-state index contributed by atoms with van der Waals surface area (Å²) < 4.78 is 0. The molecule has 0 spiro atoms. The van der Waals surface area contributed by atoms with Crippen LogP contribution in [0.5, 0.6) is 0 Å². The lowest BCUT2D eigenvalue weighted by Gasteiger charge is -2.07. The first-order valence-electron chi connectivity index (χ1n) is 5.28. The summed E-state index contributed by atoms with van der Waals surface area (Å²) in [5.41, 5.74) is 12.4. The van der Waals surface area contributed by atoms with Crippen LogP contribution in [-0.4, -0.2) is 20.7 Å². The molecule has 2 aromatic heterocycles. The van der Waals surface area contributed by atoms with E-state index in [-0.39, 0.29) is 23.2 Å². The molecule has 0 amide bonds. The van der Waals surface area contributed by atoms with E-state index in [1.54, 1.807) is 0 Å². The second kappa shape index (κ2) is 5.03. The highest BCUT2D eigenvalue weighted by atomic mass is 35.5. The number of anilines is 2. The number of aromatic nitrogens is 3. The van der Waals surface area contributed by atoms with Gasteiger partial charge in [-0.15, -0.1) is 0 Å². The molecule has 0 saturated carbocycles. The van der Waals surface area contributed by atoms with Crippen molar-refractivity contribution in [3.05, 3.63) is 47.0 Å². The van der Waals surface area contributed by atoms with Crippen LogP contribution in [0.3, 0.4) is 0 Å². The second-order valence-electron chi connectivity index (χ2n) is 3.70. The number of nitrogens with zero attached hydrogens (tertiary/aromatic N) is 3. The molecule has 0 aliphatic carbocycles. The van der Waals surface area contributed by atoms with Gasteiger partial charge in [0.1, 0.15) is 17.3 Å². The predicted molar refractivity (Wildman–Crippen MR) is 76.1 cm³/mol. The molecule has 19 heavy (non-hydrogen) atoms. The van der Waals surface area contributed by atoms with E-state index in [1.807, 2.05) is 0 Å². The molecule has 0 bridgehead atoms. The smallest absolute Gasteiger partial charge is 0.180 e. The third kappa shape index (κ3) is 2.53. The Hall–Kier alpha value is -2.47. The van der Waals surface area contributed by atoms with E-state index < -0.39 is 0 Å². The quantitative estimate of drug-likeness (QED) is 0.738. The number of pyridine rings is 1. The molecule has 2 aromatic rings. The average Bonchev–Trinajstić information content (AvgIpc) is 2.40. The molecular weight excluding hydrogens is 264 g/mol. The second-order valence-corrected chi connectivity index (χ2v) is 4.14. The maximum absolute atomic E-state index is 8.05. The normalized spacial score (nSPS) is 10.2. The summed E-state index contributed by atoms with van der Waals surface area (Å²) in [6.45, 7) is 3.59. The fourth-order valence-electron chi connectivity index (χ4n) is 1.45. The zero-order valence-corrected chi connectivity index (χ0v) is 10.6. The molecule has 2 heterocycles. The summed E-state index contributed by atoms with van der Waals surface area (Å²) in [6.07, 6.45) is 4.44. The van der Waals surface area contributed by atoms with Crippen molar-refractivity contribution in [2.24, 2.45) is 0 Å². The molecule has 6 nitrogen and oxygen atoms in total. The van der Waals surface area contributed by atoms with Crippen molar-refractivity contribution in [1.29, 1.82) is 5.41 Å². The highest BCUT2D eigenvalue weighted by Gasteiger charge is 2.14. The Morgan fingerprint density at radius 2 is 2.00 bits per heavy atom. The molecule has 0 radical (unpaired) electrons. The summed E-state index contributed by atoms with van der Waals surface area (Å²) in [5.74, 6) is 0.585. The summed E-state index contributed by atoms with van der Waals surface area (Å²) in [4.78, 5) is 12.0. The summed E-state index contributed by atoms with van der Waals surface area (Å²) >= 11 is 5.83. The SMILES string of the molecule is C=Cc1cnc(C(=N)c2cc(Cl)cnc2N)nc1N. The van der Waals surface area contributed by atoms with Crippen molar-refractivity contribution in [3.63, 3.8) is 0 Å². The van der Waals surface area contributed by atoms with Crippen molar-refractivity contribution < 1.29 is 0 Å². The molecule has 0 fully saturated rings. The van der Waals surface area contributed by atoms with Crippen LogP contribution < -0.4 is 11.5 Å². The van der Waals surface area contributed by atoms with Gasteiger partial charge in [0, 0.05) is 23.5 Å². The lowest BCUT2D eigenvalue weighted by atomic mass is 10.1. The van der Waals surface area contributed by atoms with Gasteiger partial charge < -0.3 is 11.5 Å². The minimum Gasteiger partial charge on any atom is -0.383 e. The zero-order valence-electron chi connectivity index (χ0n) is 9.89. The van der Waals surface area contributed by atoms with Gasteiger partial charge in [0.15, 0.2) is 5.82 Å². The Balaban J connectivity index is 2.47. The predicted octanol–water partition coefficient (Wildman–Crippen LogP) is 1.75. The Morgan fingerprint density at radius 3 is 2.63 bits per heavy atom. The van der Waals surface area contributed by atoms with E-state index >= 15 is 0 Å². The van der Waals surface area contributed by atoms with Crippen molar-refractivity contribution >= 4 is 35.0 Å². The summed E-state index contributed by atoms with van der Waals surface area (Å²) in [7, 11) is 0. The van der Waals surface area contributed by atoms with Gasteiger partial charge in [-0.25, -0.2) is 15.0 Å².